The highest BCUT2D eigenvalue weighted by Crippen LogP contribution is 2.49. The highest BCUT2D eigenvalue weighted by Gasteiger charge is 2.43. The van der Waals surface area contributed by atoms with E-state index in [1.54, 1.807) is 16.2 Å². The van der Waals surface area contributed by atoms with Gasteiger partial charge in [-0.25, -0.2) is 4.79 Å². The lowest BCUT2D eigenvalue weighted by Crippen LogP contribution is -2.41. The summed E-state index contributed by atoms with van der Waals surface area (Å²) in [4.78, 5) is 30.3. The SMILES string of the molecule is Cc1cc(C)cc(NC(=O)N2c3ccccc3NC3=C(C(=O)CC(C)(C)C3)[C@H]2c2cccs2)c1. The molecule has 0 saturated carbocycles. The van der Waals surface area contributed by atoms with E-state index in [0.29, 0.717) is 12.0 Å². The molecule has 0 saturated heterocycles. The van der Waals surface area contributed by atoms with E-state index in [1.165, 1.54) is 0 Å². The molecule has 0 spiro atoms. The Morgan fingerprint density at radius 2 is 1.79 bits per heavy atom. The van der Waals surface area contributed by atoms with Crippen LogP contribution in [0.1, 0.15) is 48.7 Å². The molecule has 6 heteroatoms. The number of nitrogens with zero attached hydrogens (tertiary/aromatic N) is 1. The molecule has 1 aromatic heterocycles. The summed E-state index contributed by atoms with van der Waals surface area (Å²) < 4.78 is 0. The number of benzene rings is 2. The Labute approximate surface area is 204 Å². The average molecular weight is 472 g/mol. The van der Waals surface area contributed by atoms with E-state index in [0.717, 1.165) is 45.2 Å². The number of hydrogen-bond acceptors (Lipinski definition) is 4. The fraction of sp³-hybridized carbons (Fsp3) is 0.286. The van der Waals surface area contributed by atoms with Crippen LogP contribution in [0.25, 0.3) is 0 Å². The minimum Gasteiger partial charge on any atom is -0.357 e. The van der Waals surface area contributed by atoms with Gasteiger partial charge < -0.3 is 10.6 Å². The number of aryl methyl sites for hydroxylation is 2. The van der Waals surface area contributed by atoms with Gasteiger partial charge in [0.1, 0.15) is 6.04 Å². The van der Waals surface area contributed by atoms with E-state index < -0.39 is 6.04 Å². The number of ketones is 1. The number of urea groups is 1. The maximum atomic E-state index is 14.0. The monoisotopic (exact) mass is 471 g/mol. The molecular formula is C28H29N3O2S. The first-order valence-corrected chi connectivity index (χ1v) is 12.4. The fourth-order valence-corrected chi connectivity index (χ4v) is 5.98. The zero-order valence-electron chi connectivity index (χ0n) is 19.9. The quantitative estimate of drug-likeness (QED) is 0.415. The molecule has 0 bridgehead atoms. The summed E-state index contributed by atoms with van der Waals surface area (Å²) in [5.41, 5.74) is 5.94. The van der Waals surface area contributed by atoms with Crippen molar-refractivity contribution in [2.45, 2.75) is 46.6 Å². The van der Waals surface area contributed by atoms with Gasteiger partial charge in [0.05, 0.1) is 11.4 Å². The number of hydrogen-bond donors (Lipinski definition) is 2. The van der Waals surface area contributed by atoms with Gasteiger partial charge >= 0.3 is 6.03 Å². The van der Waals surface area contributed by atoms with Crippen molar-refractivity contribution >= 4 is 40.2 Å². The molecule has 2 N–H and O–H groups in total. The second kappa shape index (κ2) is 8.44. The molecule has 174 valence electrons. The van der Waals surface area contributed by atoms with Crippen molar-refractivity contribution in [2.75, 3.05) is 15.5 Å². The number of carbonyl (C=O) groups excluding carboxylic acids is 2. The number of thiophene rings is 1. The molecular weight excluding hydrogens is 442 g/mol. The van der Waals surface area contributed by atoms with Gasteiger partial charge in [0.2, 0.25) is 0 Å². The summed E-state index contributed by atoms with van der Waals surface area (Å²) in [6, 6.07) is 17.0. The third kappa shape index (κ3) is 4.14. The highest BCUT2D eigenvalue weighted by atomic mass is 32.1. The molecule has 3 aromatic rings. The molecule has 0 radical (unpaired) electrons. The second-order valence-corrected chi connectivity index (χ2v) is 11.0. The minimum absolute atomic E-state index is 0.0918. The Kier molecular flexibility index (Phi) is 5.56. The van der Waals surface area contributed by atoms with E-state index in [4.69, 9.17) is 0 Å². The van der Waals surface area contributed by atoms with Gasteiger partial charge in [-0.15, -0.1) is 11.3 Å². The van der Waals surface area contributed by atoms with E-state index in [9.17, 15) is 9.59 Å². The van der Waals surface area contributed by atoms with Crippen LogP contribution in [0.4, 0.5) is 21.9 Å². The molecule has 2 heterocycles. The van der Waals surface area contributed by atoms with Crippen molar-refractivity contribution in [3.63, 3.8) is 0 Å². The van der Waals surface area contributed by atoms with Gasteiger partial charge in [0, 0.05) is 28.3 Å². The summed E-state index contributed by atoms with van der Waals surface area (Å²) in [6.07, 6.45) is 1.20. The van der Waals surface area contributed by atoms with E-state index >= 15 is 0 Å². The summed E-state index contributed by atoms with van der Waals surface area (Å²) in [5, 5.41) is 8.66. The van der Waals surface area contributed by atoms with Crippen molar-refractivity contribution in [1.82, 2.24) is 0 Å². The maximum absolute atomic E-state index is 14.0. The number of anilines is 3. The number of fused-ring (bicyclic) bond motifs is 1. The Balaban J connectivity index is 1.68. The number of allylic oxidation sites excluding steroid dienone is 1. The number of amides is 2. The number of para-hydroxylation sites is 2. The Bertz CT molecular complexity index is 1290. The predicted molar refractivity (Wildman–Crippen MR) is 140 cm³/mol. The molecule has 0 unspecified atom stereocenters. The number of nitrogens with one attached hydrogen (secondary N) is 2. The lowest BCUT2D eigenvalue weighted by Gasteiger charge is -2.36. The van der Waals surface area contributed by atoms with Crippen LogP contribution in [-0.2, 0) is 4.79 Å². The van der Waals surface area contributed by atoms with Gasteiger partial charge in [0.15, 0.2) is 5.78 Å². The largest absolute Gasteiger partial charge is 0.357 e. The van der Waals surface area contributed by atoms with Crippen LogP contribution in [0.2, 0.25) is 0 Å². The van der Waals surface area contributed by atoms with Crippen LogP contribution in [0.3, 0.4) is 0 Å². The van der Waals surface area contributed by atoms with Crippen molar-refractivity contribution < 1.29 is 9.59 Å². The Hall–Kier alpha value is -3.38. The number of carbonyl (C=O) groups is 2. The first-order valence-electron chi connectivity index (χ1n) is 11.6. The van der Waals surface area contributed by atoms with Gasteiger partial charge in [-0.05, 0) is 72.5 Å². The van der Waals surface area contributed by atoms with Crippen molar-refractivity contribution in [3.05, 3.63) is 87.3 Å². The fourth-order valence-electron chi connectivity index (χ4n) is 5.16. The average Bonchev–Trinajstić information content (AvgIpc) is 3.21. The van der Waals surface area contributed by atoms with Crippen LogP contribution in [0.15, 0.2) is 71.2 Å². The van der Waals surface area contributed by atoms with Crippen LogP contribution in [-0.4, -0.2) is 11.8 Å². The van der Waals surface area contributed by atoms with Gasteiger partial charge in [-0.1, -0.05) is 38.1 Å². The third-order valence-corrected chi connectivity index (χ3v) is 7.33. The van der Waals surface area contributed by atoms with Crippen LogP contribution >= 0.6 is 11.3 Å². The Morgan fingerprint density at radius 3 is 2.50 bits per heavy atom. The standard InChI is InChI=1S/C28H29N3O2S/c1-17-12-18(2)14-19(13-17)29-27(33)31-22-9-6-5-8-20(22)30-21-15-28(3,4)16-23(32)25(21)26(31)24-10-7-11-34-24/h5-14,26,30H,15-16H2,1-4H3,(H,29,33)/t26-/m1/s1. The molecule has 2 aromatic carbocycles. The minimum atomic E-state index is -0.499. The Morgan fingerprint density at radius 1 is 1.06 bits per heavy atom. The summed E-state index contributed by atoms with van der Waals surface area (Å²) in [5.74, 6) is 0.0918. The van der Waals surface area contributed by atoms with Gasteiger partial charge in [0.25, 0.3) is 0 Å². The normalized spacial score (nSPS) is 19.1. The molecule has 1 aliphatic heterocycles. The number of rotatable bonds is 2. The van der Waals surface area contributed by atoms with Gasteiger partial charge in [-0.2, -0.15) is 0 Å². The second-order valence-electron chi connectivity index (χ2n) is 10.1. The molecule has 1 atom stereocenters. The molecule has 0 fully saturated rings. The molecule has 1 aliphatic carbocycles. The van der Waals surface area contributed by atoms with E-state index in [1.807, 2.05) is 67.8 Å². The number of Topliss-reactive ketones (excluding diaryl/α,β-unsaturated/α-hetero) is 1. The first kappa shape index (κ1) is 22.4. The van der Waals surface area contributed by atoms with Crippen molar-refractivity contribution in [3.8, 4) is 0 Å². The molecule has 2 aliphatic rings. The van der Waals surface area contributed by atoms with E-state index in [2.05, 4.69) is 30.5 Å². The van der Waals surface area contributed by atoms with E-state index in [-0.39, 0.29) is 17.2 Å². The summed E-state index contributed by atoms with van der Waals surface area (Å²) in [6.45, 7) is 8.28. The van der Waals surface area contributed by atoms with Crippen LogP contribution < -0.4 is 15.5 Å². The zero-order chi connectivity index (χ0) is 24.0. The summed E-state index contributed by atoms with van der Waals surface area (Å²) >= 11 is 1.57. The smallest absolute Gasteiger partial charge is 0.327 e. The van der Waals surface area contributed by atoms with Gasteiger partial charge in [-0.3, -0.25) is 9.69 Å². The lowest BCUT2D eigenvalue weighted by molar-refractivity contribution is -0.118. The maximum Gasteiger partial charge on any atom is 0.327 e. The molecule has 2 amide bonds. The molecule has 5 nitrogen and oxygen atoms in total. The topological polar surface area (TPSA) is 61.4 Å². The predicted octanol–water partition coefficient (Wildman–Crippen LogP) is 7.21. The van der Waals surface area contributed by atoms with Crippen molar-refractivity contribution in [2.24, 2.45) is 5.41 Å². The highest BCUT2D eigenvalue weighted by molar-refractivity contribution is 7.10. The van der Waals surface area contributed by atoms with Crippen LogP contribution in [0.5, 0.6) is 0 Å². The third-order valence-electron chi connectivity index (χ3n) is 6.41. The summed E-state index contributed by atoms with van der Waals surface area (Å²) in [7, 11) is 0. The lowest BCUT2D eigenvalue weighted by atomic mass is 9.74. The molecule has 5 rings (SSSR count). The first-order chi connectivity index (χ1) is 16.2. The molecule has 34 heavy (non-hydrogen) atoms. The zero-order valence-corrected chi connectivity index (χ0v) is 20.8. The van der Waals surface area contributed by atoms with Crippen LogP contribution in [0, 0.1) is 19.3 Å². The van der Waals surface area contributed by atoms with Crippen molar-refractivity contribution in [1.29, 1.82) is 0 Å².